The lowest BCUT2D eigenvalue weighted by Gasteiger charge is -2.09. The van der Waals surface area contributed by atoms with Gasteiger partial charge in [-0.1, -0.05) is 11.6 Å². The van der Waals surface area contributed by atoms with E-state index in [-0.39, 0.29) is 10.7 Å². The van der Waals surface area contributed by atoms with Crippen LogP contribution < -0.4 is 10.5 Å². The van der Waals surface area contributed by atoms with Gasteiger partial charge in [0.25, 0.3) is 10.0 Å². The zero-order valence-electron chi connectivity index (χ0n) is 10.3. The molecule has 0 aromatic carbocycles. The van der Waals surface area contributed by atoms with E-state index in [9.17, 15) is 8.42 Å². The molecule has 3 N–H and O–H groups in total. The Labute approximate surface area is 115 Å². The molecule has 102 valence electrons. The SMILES string of the molecule is Cc1nc(Cl)ccc1NS(=O)(=O)c1cn(C)nc1N. The average Bonchev–Trinajstić information content (AvgIpc) is 2.63. The van der Waals surface area contributed by atoms with E-state index in [2.05, 4.69) is 14.8 Å². The highest BCUT2D eigenvalue weighted by Crippen LogP contribution is 2.22. The number of aromatic nitrogens is 3. The molecule has 2 aromatic rings. The van der Waals surface area contributed by atoms with Crippen LogP contribution >= 0.6 is 11.6 Å². The monoisotopic (exact) mass is 301 g/mol. The van der Waals surface area contributed by atoms with Gasteiger partial charge in [-0.25, -0.2) is 13.4 Å². The molecule has 0 bridgehead atoms. The molecule has 0 aliphatic heterocycles. The fraction of sp³-hybridized carbons (Fsp3) is 0.200. The number of rotatable bonds is 3. The summed E-state index contributed by atoms with van der Waals surface area (Å²) in [6.07, 6.45) is 1.33. The Morgan fingerprint density at radius 1 is 1.42 bits per heavy atom. The first-order valence-electron chi connectivity index (χ1n) is 5.24. The Balaban J connectivity index is 2.39. The maximum absolute atomic E-state index is 12.2. The summed E-state index contributed by atoms with van der Waals surface area (Å²) in [5.41, 5.74) is 6.37. The van der Waals surface area contributed by atoms with Crippen LogP contribution in [0.1, 0.15) is 5.69 Å². The number of halogens is 1. The van der Waals surface area contributed by atoms with E-state index < -0.39 is 10.0 Å². The minimum absolute atomic E-state index is 0.0606. The van der Waals surface area contributed by atoms with E-state index in [1.165, 1.54) is 23.0 Å². The van der Waals surface area contributed by atoms with Crippen molar-refractivity contribution in [2.24, 2.45) is 7.05 Å². The predicted octanol–water partition coefficient (Wildman–Crippen LogP) is 1.16. The van der Waals surface area contributed by atoms with Crippen LogP contribution in [0.3, 0.4) is 0 Å². The van der Waals surface area contributed by atoms with E-state index in [4.69, 9.17) is 17.3 Å². The fourth-order valence-corrected chi connectivity index (χ4v) is 2.94. The molecule has 2 rings (SSSR count). The molecular weight excluding hydrogens is 290 g/mol. The highest BCUT2D eigenvalue weighted by molar-refractivity contribution is 7.92. The van der Waals surface area contributed by atoms with Crippen LogP contribution in [0, 0.1) is 6.92 Å². The standard InChI is InChI=1S/C10H12ClN5O2S/c1-6-7(3-4-9(11)13-6)15-19(17,18)8-5-16(2)14-10(8)12/h3-5,15H,1-2H3,(H2,12,14). The summed E-state index contributed by atoms with van der Waals surface area (Å²) < 4.78 is 28.1. The van der Waals surface area contributed by atoms with Crippen LogP contribution in [-0.2, 0) is 17.1 Å². The Morgan fingerprint density at radius 2 is 2.11 bits per heavy atom. The summed E-state index contributed by atoms with van der Waals surface area (Å²) >= 11 is 5.71. The van der Waals surface area contributed by atoms with Gasteiger partial charge in [-0.2, -0.15) is 5.10 Å². The molecule has 0 radical (unpaired) electrons. The molecule has 0 atom stereocenters. The second-order valence-electron chi connectivity index (χ2n) is 3.92. The fourth-order valence-electron chi connectivity index (χ4n) is 1.53. The minimum Gasteiger partial charge on any atom is -0.381 e. The van der Waals surface area contributed by atoms with E-state index in [0.717, 1.165) is 0 Å². The third kappa shape index (κ3) is 2.79. The topological polar surface area (TPSA) is 103 Å². The normalized spacial score (nSPS) is 11.5. The molecule has 9 heteroatoms. The van der Waals surface area contributed by atoms with E-state index in [1.807, 2.05) is 0 Å². The molecule has 0 aliphatic rings. The third-order valence-corrected chi connectivity index (χ3v) is 4.00. The molecule has 2 heterocycles. The number of nitrogen functional groups attached to an aromatic ring is 1. The van der Waals surface area contributed by atoms with Crippen molar-refractivity contribution in [3.8, 4) is 0 Å². The quantitative estimate of drug-likeness (QED) is 0.828. The van der Waals surface area contributed by atoms with Gasteiger partial charge in [0.05, 0.1) is 11.4 Å². The zero-order chi connectivity index (χ0) is 14.2. The first kappa shape index (κ1) is 13.6. The maximum atomic E-state index is 12.2. The predicted molar refractivity (Wildman–Crippen MR) is 72.4 cm³/mol. The second kappa shape index (κ2) is 4.71. The Bertz CT molecular complexity index is 726. The zero-order valence-corrected chi connectivity index (χ0v) is 11.8. The summed E-state index contributed by atoms with van der Waals surface area (Å²) in [6.45, 7) is 1.65. The van der Waals surface area contributed by atoms with Crippen molar-refractivity contribution in [2.75, 3.05) is 10.5 Å². The van der Waals surface area contributed by atoms with Crippen LogP contribution in [0.25, 0.3) is 0 Å². The Morgan fingerprint density at radius 3 is 2.63 bits per heavy atom. The van der Waals surface area contributed by atoms with Crippen molar-refractivity contribution in [1.82, 2.24) is 14.8 Å². The first-order valence-corrected chi connectivity index (χ1v) is 7.11. The summed E-state index contributed by atoms with van der Waals surface area (Å²) in [6, 6.07) is 3.04. The number of nitrogens with one attached hydrogen (secondary N) is 1. The third-order valence-electron chi connectivity index (χ3n) is 2.41. The van der Waals surface area contributed by atoms with Crippen molar-refractivity contribution in [1.29, 1.82) is 0 Å². The van der Waals surface area contributed by atoms with Gasteiger partial charge in [0.15, 0.2) is 5.82 Å². The lowest BCUT2D eigenvalue weighted by Crippen LogP contribution is -2.15. The van der Waals surface area contributed by atoms with Gasteiger partial charge in [0, 0.05) is 13.2 Å². The number of aryl methyl sites for hydroxylation is 2. The maximum Gasteiger partial charge on any atom is 0.267 e. The summed E-state index contributed by atoms with van der Waals surface area (Å²) in [5, 5.41) is 4.09. The van der Waals surface area contributed by atoms with Gasteiger partial charge in [-0.15, -0.1) is 0 Å². The molecule has 0 saturated carbocycles. The molecule has 0 aliphatic carbocycles. The van der Waals surface area contributed by atoms with Gasteiger partial charge < -0.3 is 5.73 Å². The van der Waals surface area contributed by atoms with Gasteiger partial charge in [-0.3, -0.25) is 9.40 Å². The van der Waals surface area contributed by atoms with Crippen molar-refractivity contribution < 1.29 is 8.42 Å². The molecule has 0 unspecified atom stereocenters. The molecule has 19 heavy (non-hydrogen) atoms. The van der Waals surface area contributed by atoms with Crippen LogP contribution in [0.15, 0.2) is 23.2 Å². The van der Waals surface area contributed by atoms with Crippen molar-refractivity contribution in [2.45, 2.75) is 11.8 Å². The number of hydrogen-bond acceptors (Lipinski definition) is 5. The summed E-state index contributed by atoms with van der Waals surface area (Å²) in [7, 11) is -2.21. The van der Waals surface area contributed by atoms with Crippen molar-refractivity contribution >= 4 is 33.1 Å². The molecule has 7 nitrogen and oxygen atoms in total. The molecule has 0 saturated heterocycles. The van der Waals surface area contributed by atoms with Crippen LogP contribution in [0.4, 0.5) is 11.5 Å². The molecular formula is C10H12ClN5O2S. The van der Waals surface area contributed by atoms with Crippen molar-refractivity contribution in [3.05, 3.63) is 29.2 Å². The minimum atomic E-state index is -3.80. The van der Waals surface area contributed by atoms with Crippen LogP contribution in [-0.4, -0.2) is 23.2 Å². The number of hydrogen-bond donors (Lipinski definition) is 2. The Kier molecular flexibility index (Phi) is 3.38. The smallest absolute Gasteiger partial charge is 0.267 e. The number of anilines is 2. The number of nitrogens with zero attached hydrogens (tertiary/aromatic N) is 3. The van der Waals surface area contributed by atoms with E-state index >= 15 is 0 Å². The van der Waals surface area contributed by atoms with Crippen LogP contribution in [0.5, 0.6) is 0 Å². The van der Waals surface area contributed by atoms with Crippen molar-refractivity contribution in [3.63, 3.8) is 0 Å². The highest BCUT2D eigenvalue weighted by Gasteiger charge is 2.21. The number of nitrogens with two attached hydrogens (primary N) is 1. The Hall–Kier alpha value is -1.80. The summed E-state index contributed by atoms with van der Waals surface area (Å²) in [5.74, 6) is -0.0606. The van der Waals surface area contributed by atoms with Gasteiger partial charge in [-0.05, 0) is 19.1 Å². The van der Waals surface area contributed by atoms with E-state index in [1.54, 1.807) is 14.0 Å². The molecule has 0 amide bonds. The number of sulfonamides is 1. The average molecular weight is 302 g/mol. The molecule has 2 aromatic heterocycles. The molecule has 0 spiro atoms. The second-order valence-corrected chi connectivity index (χ2v) is 5.96. The molecule has 0 fully saturated rings. The lowest BCUT2D eigenvalue weighted by atomic mass is 10.3. The highest BCUT2D eigenvalue weighted by atomic mass is 35.5. The summed E-state index contributed by atoms with van der Waals surface area (Å²) in [4.78, 5) is 3.89. The van der Waals surface area contributed by atoms with Gasteiger partial charge in [0.1, 0.15) is 10.0 Å². The van der Waals surface area contributed by atoms with Gasteiger partial charge in [0.2, 0.25) is 0 Å². The largest absolute Gasteiger partial charge is 0.381 e. The van der Waals surface area contributed by atoms with Gasteiger partial charge >= 0.3 is 0 Å². The first-order chi connectivity index (χ1) is 8.79. The number of pyridine rings is 1. The van der Waals surface area contributed by atoms with E-state index in [0.29, 0.717) is 16.5 Å². The van der Waals surface area contributed by atoms with Crippen LogP contribution in [0.2, 0.25) is 5.15 Å². The lowest BCUT2D eigenvalue weighted by molar-refractivity contribution is 0.601.